The Kier molecular flexibility index (Phi) is 6.06. The van der Waals surface area contributed by atoms with E-state index in [1.54, 1.807) is 29.3 Å². The molecule has 0 saturated heterocycles. The van der Waals surface area contributed by atoms with Gasteiger partial charge in [0.15, 0.2) is 4.99 Å². The minimum absolute atomic E-state index is 0.288. The molecule has 3 aromatic carbocycles. The molecule has 0 N–H and O–H groups in total. The summed E-state index contributed by atoms with van der Waals surface area (Å²) in [6.45, 7) is 1.81. The van der Waals surface area contributed by atoms with Crippen molar-refractivity contribution in [2.75, 3.05) is 5.01 Å². The van der Waals surface area contributed by atoms with Gasteiger partial charge in [0.2, 0.25) is 0 Å². The highest BCUT2D eigenvalue weighted by Crippen LogP contribution is 2.21. The highest BCUT2D eigenvalue weighted by atomic mass is 32.1. The van der Waals surface area contributed by atoms with E-state index in [2.05, 4.69) is 10.2 Å². The summed E-state index contributed by atoms with van der Waals surface area (Å²) in [4.78, 5) is 14.0. The molecular weight excluding hydrogens is 424 g/mol. The molecule has 0 unspecified atom stereocenters. The van der Waals surface area contributed by atoms with Crippen molar-refractivity contribution < 1.29 is 4.79 Å². The number of nitrogens with zero attached hydrogens (tertiary/aromatic N) is 4. The lowest BCUT2D eigenvalue weighted by atomic mass is 10.2. The van der Waals surface area contributed by atoms with E-state index in [-0.39, 0.29) is 10.9 Å². The number of hydrazone groups is 2. The average molecular weight is 443 g/mol. The molecule has 3 aromatic rings. The minimum Gasteiger partial charge on any atom is -0.267 e. The number of hydrogen-bond acceptors (Lipinski definition) is 5. The molecule has 5 nitrogen and oxygen atoms in total. The number of carbonyl (C=O) groups excluding carboxylic acids is 1. The molecule has 152 valence electrons. The Morgan fingerprint density at radius 2 is 1.39 bits per heavy atom. The maximum atomic E-state index is 13.3. The lowest BCUT2D eigenvalue weighted by Gasteiger charge is -2.20. The standard InChI is InChI=1S/C24H18N4OS2/c1-17-21(24(31)27(25-17)20-15-9-4-10-16-20)26-28(22(29)18-11-5-2-6-12-18)23(30)19-13-7-3-8-14-19/h2-16H,1H3. The topological polar surface area (TPSA) is 48.3 Å². The summed E-state index contributed by atoms with van der Waals surface area (Å²) in [6.07, 6.45) is 0. The summed E-state index contributed by atoms with van der Waals surface area (Å²) in [5.74, 6) is -0.337. The van der Waals surface area contributed by atoms with Crippen LogP contribution in [0.3, 0.4) is 0 Å². The van der Waals surface area contributed by atoms with Gasteiger partial charge in [-0.3, -0.25) is 4.79 Å². The number of benzene rings is 3. The van der Waals surface area contributed by atoms with Crippen molar-refractivity contribution in [1.29, 1.82) is 0 Å². The number of anilines is 1. The molecule has 4 rings (SSSR count). The van der Waals surface area contributed by atoms with Crippen molar-refractivity contribution in [2.45, 2.75) is 6.92 Å². The number of carbonyl (C=O) groups is 1. The molecule has 0 saturated carbocycles. The zero-order valence-electron chi connectivity index (χ0n) is 16.7. The maximum absolute atomic E-state index is 13.3. The molecule has 1 heterocycles. The molecule has 0 spiro atoms. The van der Waals surface area contributed by atoms with Crippen LogP contribution in [0.1, 0.15) is 22.8 Å². The first-order chi connectivity index (χ1) is 15.1. The molecule has 0 aromatic heterocycles. The molecular formula is C24H18N4OS2. The van der Waals surface area contributed by atoms with Crippen molar-refractivity contribution in [2.24, 2.45) is 10.2 Å². The predicted molar refractivity (Wildman–Crippen MR) is 133 cm³/mol. The molecule has 0 atom stereocenters. The van der Waals surface area contributed by atoms with Gasteiger partial charge in [-0.2, -0.15) is 15.2 Å². The number of thiocarbonyl (C=S) groups is 2. The largest absolute Gasteiger partial charge is 0.279 e. The number of amides is 1. The highest BCUT2D eigenvalue weighted by molar-refractivity contribution is 7.82. The van der Waals surface area contributed by atoms with Crippen LogP contribution in [0, 0.1) is 0 Å². The lowest BCUT2D eigenvalue weighted by molar-refractivity contribution is 0.0853. The fourth-order valence-electron chi connectivity index (χ4n) is 3.05. The second-order valence-corrected chi connectivity index (χ2v) is 7.51. The Labute approximate surface area is 191 Å². The second-order valence-electron chi connectivity index (χ2n) is 6.74. The van der Waals surface area contributed by atoms with E-state index in [9.17, 15) is 4.79 Å². The third-order valence-electron chi connectivity index (χ3n) is 4.61. The lowest BCUT2D eigenvalue weighted by Crippen LogP contribution is -2.35. The predicted octanol–water partition coefficient (Wildman–Crippen LogP) is 5.08. The molecule has 1 aliphatic rings. The first kappa shape index (κ1) is 20.7. The van der Waals surface area contributed by atoms with Gasteiger partial charge in [0, 0.05) is 11.1 Å². The molecule has 31 heavy (non-hydrogen) atoms. The van der Waals surface area contributed by atoms with E-state index in [1.807, 2.05) is 73.7 Å². The van der Waals surface area contributed by atoms with Crippen LogP contribution in [0.5, 0.6) is 0 Å². The van der Waals surface area contributed by atoms with Gasteiger partial charge in [-0.25, -0.2) is 5.01 Å². The monoisotopic (exact) mass is 442 g/mol. The summed E-state index contributed by atoms with van der Waals surface area (Å²) in [5.41, 5.74) is 3.05. The van der Waals surface area contributed by atoms with E-state index < -0.39 is 0 Å². The van der Waals surface area contributed by atoms with Gasteiger partial charge in [-0.1, -0.05) is 91.2 Å². The van der Waals surface area contributed by atoms with Gasteiger partial charge in [0.05, 0.1) is 11.4 Å². The van der Waals surface area contributed by atoms with Gasteiger partial charge in [0.1, 0.15) is 10.7 Å². The van der Waals surface area contributed by atoms with Crippen molar-refractivity contribution >= 4 is 57.4 Å². The van der Waals surface area contributed by atoms with Gasteiger partial charge in [0.25, 0.3) is 5.91 Å². The van der Waals surface area contributed by atoms with Crippen molar-refractivity contribution in [1.82, 2.24) is 5.01 Å². The third-order valence-corrected chi connectivity index (χ3v) is 5.39. The van der Waals surface area contributed by atoms with Crippen molar-refractivity contribution in [3.05, 3.63) is 102 Å². The summed E-state index contributed by atoms with van der Waals surface area (Å²) in [7, 11) is 0. The van der Waals surface area contributed by atoms with E-state index in [1.165, 1.54) is 5.01 Å². The van der Waals surface area contributed by atoms with Crippen LogP contribution in [-0.4, -0.2) is 32.3 Å². The number of para-hydroxylation sites is 1. The quantitative estimate of drug-likeness (QED) is 0.417. The van der Waals surface area contributed by atoms with E-state index in [4.69, 9.17) is 24.4 Å². The molecule has 0 fully saturated rings. The highest BCUT2D eigenvalue weighted by Gasteiger charge is 2.30. The Hall–Kier alpha value is -3.55. The van der Waals surface area contributed by atoms with Crippen LogP contribution >= 0.6 is 24.4 Å². The number of rotatable bonds is 4. The van der Waals surface area contributed by atoms with Crippen molar-refractivity contribution in [3.63, 3.8) is 0 Å². The van der Waals surface area contributed by atoms with Crippen LogP contribution in [0.25, 0.3) is 0 Å². The first-order valence-electron chi connectivity index (χ1n) is 9.59. The van der Waals surface area contributed by atoms with Gasteiger partial charge in [-0.05, 0) is 31.2 Å². The minimum atomic E-state index is -0.337. The summed E-state index contributed by atoms with van der Waals surface area (Å²) in [5, 5.41) is 12.0. The molecule has 1 amide bonds. The summed E-state index contributed by atoms with van der Waals surface area (Å²) >= 11 is 11.3. The molecule has 0 radical (unpaired) electrons. The number of hydrogen-bond donors (Lipinski definition) is 0. The zero-order valence-corrected chi connectivity index (χ0v) is 18.3. The fraction of sp³-hybridized carbons (Fsp3) is 0.0417. The van der Waals surface area contributed by atoms with Gasteiger partial charge in [-0.15, -0.1) is 0 Å². The maximum Gasteiger partial charge on any atom is 0.279 e. The van der Waals surface area contributed by atoms with Crippen LogP contribution in [0.4, 0.5) is 5.69 Å². The third kappa shape index (κ3) is 4.33. The smallest absolute Gasteiger partial charge is 0.267 e. The SMILES string of the molecule is CC1=NN(c2ccccc2)C(=S)C1=NN(C(=O)c1ccccc1)C(=S)c1ccccc1. The van der Waals surface area contributed by atoms with E-state index in [0.717, 1.165) is 5.69 Å². The molecule has 0 bridgehead atoms. The zero-order chi connectivity index (χ0) is 21.8. The average Bonchev–Trinajstić information content (AvgIpc) is 3.11. The molecule has 1 aliphatic heterocycles. The van der Waals surface area contributed by atoms with Gasteiger partial charge >= 0.3 is 0 Å². The Morgan fingerprint density at radius 3 is 1.97 bits per heavy atom. The van der Waals surface area contributed by atoms with Gasteiger partial charge < -0.3 is 0 Å². The summed E-state index contributed by atoms with van der Waals surface area (Å²) < 4.78 is 0. The Balaban J connectivity index is 1.74. The molecule has 7 heteroatoms. The Bertz CT molecular complexity index is 1140. The van der Waals surface area contributed by atoms with E-state index >= 15 is 0 Å². The van der Waals surface area contributed by atoms with Crippen LogP contribution in [0.2, 0.25) is 0 Å². The first-order valence-corrected chi connectivity index (χ1v) is 10.4. The van der Waals surface area contributed by atoms with Crippen LogP contribution in [-0.2, 0) is 0 Å². The summed E-state index contributed by atoms with van der Waals surface area (Å²) in [6, 6.07) is 27.8. The fourth-order valence-corrected chi connectivity index (χ4v) is 3.64. The Morgan fingerprint density at radius 1 is 0.871 bits per heavy atom. The van der Waals surface area contributed by atoms with Crippen LogP contribution < -0.4 is 5.01 Å². The molecule has 0 aliphatic carbocycles. The van der Waals surface area contributed by atoms with E-state index in [0.29, 0.717) is 27.5 Å². The second kappa shape index (κ2) is 9.07. The normalized spacial score (nSPS) is 14.5. The van der Waals surface area contributed by atoms with Crippen LogP contribution in [0.15, 0.2) is 101 Å². The van der Waals surface area contributed by atoms with Crippen molar-refractivity contribution in [3.8, 4) is 0 Å².